The fraction of sp³-hybridized carbons (Fsp3) is 0.333. The molecule has 0 saturated carbocycles. The standard InChI is InChI=1S/C12H15N3O3/c1-8(6-14-15-12(13)16)4-9-2-3-10-11(5-9)18-7-17-10/h2-3,5-6,8H,4,7H2,1H3,(H3,13,15,16)/b14-6-/t8-/m0/s1. The molecule has 0 aliphatic carbocycles. The van der Waals surface area contributed by atoms with Crippen LogP contribution in [0.2, 0.25) is 0 Å². The summed E-state index contributed by atoms with van der Waals surface area (Å²) in [6.45, 7) is 2.27. The van der Waals surface area contributed by atoms with E-state index in [0.29, 0.717) is 0 Å². The summed E-state index contributed by atoms with van der Waals surface area (Å²) in [6, 6.07) is 5.16. The van der Waals surface area contributed by atoms with Crippen molar-refractivity contribution in [3.8, 4) is 11.5 Å². The van der Waals surface area contributed by atoms with E-state index in [0.717, 1.165) is 23.5 Å². The largest absolute Gasteiger partial charge is 0.454 e. The summed E-state index contributed by atoms with van der Waals surface area (Å²) >= 11 is 0. The van der Waals surface area contributed by atoms with E-state index >= 15 is 0 Å². The minimum Gasteiger partial charge on any atom is -0.454 e. The zero-order chi connectivity index (χ0) is 13.0. The SMILES string of the molecule is C[C@H](/C=N\NC(N)=O)Cc1ccc2c(c1)OCO2. The molecule has 0 bridgehead atoms. The first-order valence-corrected chi connectivity index (χ1v) is 5.62. The van der Waals surface area contributed by atoms with Crippen molar-refractivity contribution >= 4 is 12.2 Å². The number of rotatable bonds is 4. The van der Waals surface area contributed by atoms with Gasteiger partial charge in [0.2, 0.25) is 6.79 Å². The number of hydrazone groups is 1. The molecule has 0 spiro atoms. The molecule has 2 rings (SSSR count). The molecule has 6 nitrogen and oxygen atoms in total. The lowest BCUT2D eigenvalue weighted by Gasteiger charge is -2.06. The number of ether oxygens (including phenoxy) is 2. The molecule has 0 saturated heterocycles. The van der Waals surface area contributed by atoms with Gasteiger partial charge in [-0.3, -0.25) is 0 Å². The van der Waals surface area contributed by atoms with Crippen molar-refractivity contribution in [2.24, 2.45) is 16.8 Å². The maximum Gasteiger partial charge on any atom is 0.332 e. The third kappa shape index (κ3) is 3.13. The van der Waals surface area contributed by atoms with Crippen LogP contribution in [0.25, 0.3) is 0 Å². The fourth-order valence-electron chi connectivity index (χ4n) is 1.72. The van der Waals surface area contributed by atoms with E-state index < -0.39 is 6.03 Å². The number of benzene rings is 1. The Morgan fingerprint density at radius 1 is 1.56 bits per heavy atom. The number of amides is 2. The maximum absolute atomic E-state index is 10.4. The van der Waals surface area contributed by atoms with E-state index in [1.165, 1.54) is 0 Å². The summed E-state index contributed by atoms with van der Waals surface area (Å²) in [7, 11) is 0. The van der Waals surface area contributed by atoms with Gasteiger partial charge in [-0.25, -0.2) is 10.2 Å². The fourth-order valence-corrected chi connectivity index (χ4v) is 1.72. The summed E-state index contributed by atoms with van der Waals surface area (Å²) in [5.41, 5.74) is 8.19. The highest BCUT2D eigenvalue weighted by atomic mass is 16.7. The molecular weight excluding hydrogens is 234 g/mol. The van der Waals surface area contributed by atoms with Crippen molar-refractivity contribution in [2.75, 3.05) is 6.79 Å². The van der Waals surface area contributed by atoms with Crippen LogP contribution in [0.15, 0.2) is 23.3 Å². The number of nitrogens with one attached hydrogen (secondary N) is 1. The van der Waals surface area contributed by atoms with Crippen LogP contribution in [0, 0.1) is 5.92 Å². The van der Waals surface area contributed by atoms with E-state index in [1.807, 2.05) is 25.1 Å². The highest BCUT2D eigenvalue weighted by Gasteiger charge is 2.13. The molecule has 96 valence electrons. The molecule has 0 aromatic heterocycles. The van der Waals surface area contributed by atoms with E-state index in [1.54, 1.807) is 6.21 Å². The Morgan fingerprint density at radius 2 is 2.33 bits per heavy atom. The monoisotopic (exact) mass is 249 g/mol. The van der Waals surface area contributed by atoms with Gasteiger partial charge in [-0.2, -0.15) is 5.10 Å². The summed E-state index contributed by atoms with van der Waals surface area (Å²) in [6.07, 6.45) is 2.44. The number of nitrogens with zero attached hydrogens (tertiary/aromatic N) is 1. The van der Waals surface area contributed by atoms with E-state index in [9.17, 15) is 4.79 Å². The first-order valence-electron chi connectivity index (χ1n) is 5.62. The van der Waals surface area contributed by atoms with Gasteiger partial charge in [-0.15, -0.1) is 0 Å². The number of urea groups is 1. The molecule has 0 unspecified atom stereocenters. The lowest BCUT2D eigenvalue weighted by molar-refractivity contribution is 0.174. The average Bonchev–Trinajstić information content (AvgIpc) is 2.75. The second kappa shape index (κ2) is 5.39. The minimum absolute atomic E-state index is 0.178. The topological polar surface area (TPSA) is 85.9 Å². The Labute approximate surface area is 105 Å². The first-order chi connectivity index (χ1) is 8.65. The Bertz CT molecular complexity index is 474. The zero-order valence-electron chi connectivity index (χ0n) is 10.1. The first kappa shape index (κ1) is 12.2. The normalized spacial score (nSPS) is 14.7. The number of primary amides is 1. The molecule has 0 radical (unpaired) electrons. The summed E-state index contributed by atoms with van der Waals surface area (Å²) in [5.74, 6) is 1.72. The number of hydrogen-bond donors (Lipinski definition) is 2. The average molecular weight is 249 g/mol. The predicted molar refractivity (Wildman–Crippen MR) is 66.6 cm³/mol. The van der Waals surface area contributed by atoms with Crippen LogP contribution < -0.4 is 20.6 Å². The van der Waals surface area contributed by atoms with Gasteiger partial charge in [0.25, 0.3) is 0 Å². The van der Waals surface area contributed by atoms with Crippen LogP contribution in [0.3, 0.4) is 0 Å². The molecule has 1 aliphatic heterocycles. The molecule has 1 aromatic carbocycles. The van der Waals surface area contributed by atoms with Crippen LogP contribution in [0.4, 0.5) is 4.79 Å². The van der Waals surface area contributed by atoms with Gasteiger partial charge < -0.3 is 15.2 Å². The third-order valence-corrected chi connectivity index (χ3v) is 2.50. The molecule has 3 N–H and O–H groups in total. The molecule has 1 aromatic rings. The number of carbonyl (C=O) groups excluding carboxylic acids is 1. The Hall–Kier alpha value is -2.24. The second-order valence-electron chi connectivity index (χ2n) is 4.12. The summed E-state index contributed by atoms with van der Waals surface area (Å²) in [5, 5.41) is 3.73. The summed E-state index contributed by atoms with van der Waals surface area (Å²) in [4.78, 5) is 10.4. The van der Waals surface area contributed by atoms with Crippen LogP contribution in [-0.2, 0) is 6.42 Å². The van der Waals surface area contributed by atoms with Crippen molar-refractivity contribution in [3.63, 3.8) is 0 Å². The van der Waals surface area contributed by atoms with Crippen LogP contribution in [-0.4, -0.2) is 19.0 Å². The van der Waals surface area contributed by atoms with Gasteiger partial charge in [-0.05, 0) is 30.0 Å². The number of nitrogens with two attached hydrogens (primary N) is 1. The van der Waals surface area contributed by atoms with Crippen LogP contribution in [0.1, 0.15) is 12.5 Å². The Balaban J connectivity index is 1.93. The molecular formula is C12H15N3O3. The number of hydrogen-bond acceptors (Lipinski definition) is 4. The Kier molecular flexibility index (Phi) is 3.66. The highest BCUT2D eigenvalue weighted by Crippen LogP contribution is 2.32. The highest BCUT2D eigenvalue weighted by molar-refractivity contribution is 5.73. The van der Waals surface area contributed by atoms with Crippen molar-refractivity contribution in [1.29, 1.82) is 0 Å². The van der Waals surface area contributed by atoms with Crippen molar-refractivity contribution in [2.45, 2.75) is 13.3 Å². The lowest BCUT2D eigenvalue weighted by Crippen LogP contribution is -2.24. The minimum atomic E-state index is -0.665. The molecule has 0 fully saturated rings. The number of fused-ring (bicyclic) bond motifs is 1. The maximum atomic E-state index is 10.4. The van der Waals surface area contributed by atoms with Gasteiger partial charge >= 0.3 is 6.03 Å². The van der Waals surface area contributed by atoms with Crippen molar-refractivity contribution in [3.05, 3.63) is 23.8 Å². The van der Waals surface area contributed by atoms with Crippen molar-refractivity contribution < 1.29 is 14.3 Å². The van der Waals surface area contributed by atoms with E-state index in [2.05, 4.69) is 10.5 Å². The van der Waals surface area contributed by atoms with Gasteiger partial charge in [0.15, 0.2) is 11.5 Å². The van der Waals surface area contributed by atoms with Gasteiger partial charge in [0.1, 0.15) is 0 Å². The van der Waals surface area contributed by atoms with Gasteiger partial charge in [-0.1, -0.05) is 13.0 Å². The van der Waals surface area contributed by atoms with Crippen molar-refractivity contribution in [1.82, 2.24) is 5.43 Å². The molecule has 1 aliphatic rings. The smallest absolute Gasteiger partial charge is 0.332 e. The third-order valence-electron chi connectivity index (χ3n) is 2.50. The van der Waals surface area contributed by atoms with E-state index in [4.69, 9.17) is 15.2 Å². The molecule has 6 heteroatoms. The summed E-state index contributed by atoms with van der Waals surface area (Å²) < 4.78 is 10.5. The van der Waals surface area contributed by atoms with Gasteiger partial charge in [0, 0.05) is 6.21 Å². The number of carbonyl (C=O) groups is 1. The second-order valence-corrected chi connectivity index (χ2v) is 4.12. The quantitative estimate of drug-likeness (QED) is 0.622. The lowest BCUT2D eigenvalue weighted by atomic mass is 10.0. The van der Waals surface area contributed by atoms with Crippen LogP contribution in [0.5, 0.6) is 11.5 Å². The predicted octanol–water partition coefficient (Wildman–Crippen LogP) is 1.25. The van der Waals surface area contributed by atoms with Gasteiger partial charge in [0.05, 0.1) is 0 Å². The molecule has 1 atom stereocenters. The Morgan fingerprint density at radius 3 is 3.11 bits per heavy atom. The molecule has 18 heavy (non-hydrogen) atoms. The zero-order valence-corrected chi connectivity index (χ0v) is 10.1. The van der Waals surface area contributed by atoms with E-state index in [-0.39, 0.29) is 12.7 Å². The van der Waals surface area contributed by atoms with Crippen LogP contribution >= 0.6 is 0 Å². The molecule has 1 heterocycles. The molecule has 2 amide bonds.